The molecule has 1 aromatic heterocycles. The van der Waals surface area contributed by atoms with Crippen molar-refractivity contribution < 1.29 is 23.5 Å². The SMILES string of the molecule is CCOC(=O)C(=O)c1c[nH]c2c(C=O)ccc(F)c12. The zero-order chi connectivity index (χ0) is 14.0. The summed E-state index contributed by atoms with van der Waals surface area (Å²) in [6.45, 7) is 1.61. The Hall–Kier alpha value is -2.50. The van der Waals surface area contributed by atoms with Gasteiger partial charge in [0, 0.05) is 17.1 Å². The van der Waals surface area contributed by atoms with Gasteiger partial charge in [0.1, 0.15) is 5.82 Å². The Morgan fingerprint density at radius 1 is 1.42 bits per heavy atom. The van der Waals surface area contributed by atoms with Crippen molar-refractivity contribution in [3.05, 3.63) is 35.3 Å². The highest BCUT2D eigenvalue weighted by atomic mass is 19.1. The van der Waals surface area contributed by atoms with Gasteiger partial charge in [0.05, 0.1) is 17.7 Å². The molecule has 0 saturated carbocycles. The number of carbonyl (C=O) groups is 3. The maximum absolute atomic E-state index is 13.8. The molecule has 0 amide bonds. The van der Waals surface area contributed by atoms with Crippen LogP contribution in [0.3, 0.4) is 0 Å². The minimum atomic E-state index is -1.06. The maximum Gasteiger partial charge on any atom is 0.379 e. The number of rotatable bonds is 4. The first-order chi connectivity index (χ1) is 9.10. The molecule has 19 heavy (non-hydrogen) atoms. The largest absolute Gasteiger partial charge is 0.460 e. The summed E-state index contributed by atoms with van der Waals surface area (Å²) in [5.74, 6) is -2.69. The Labute approximate surface area is 107 Å². The molecule has 0 aliphatic rings. The number of benzene rings is 1. The number of aldehydes is 1. The summed E-state index contributed by atoms with van der Waals surface area (Å²) in [7, 11) is 0. The number of H-pyrrole nitrogens is 1. The van der Waals surface area contributed by atoms with E-state index in [9.17, 15) is 18.8 Å². The lowest BCUT2D eigenvalue weighted by Crippen LogP contribution is -2.17. The van der Waals surface area contributed by atoms with E-state index in [0.717, 1.165) is 6.07 Å². The van der Waals surface area contributed by atoms with E-state index in [-0.39, 0.29) is 28.6 Å². The Morgan fingerprint density at radius 2 is 2.16 bits per heavy atom. The van der Waals surface area contributed by atoms with Gasteiger partial charge in [-0.2, -0.15) is 0 Å². The molecule has 0 unspecified atom stereocenters. The first kappa shape index (κ1) is 12.9. The predicted molar refractivity (Wildman–Crippen MR) is 64.6 cm³/mol. The van der Waals surface area contributed by atoms with Crippen LogP contribution in [0.4, 0.5) is 4.39 Å². The number of aromatic nitrogens is 1. The van der Waals surface area contributed by atoms with Crippen LogP contribution in [-0.4, -0.2) is 29.6 Å². The normalized spacial score (nSPS) is 10.4. The topological polar surface area (TPSA) is 76.2 Å². The van der Waals surface area contributed by atoms with Crippen molar-refractivity contribution in [2.24, 2.45) is 0 Å². The molecule has 0 fully saturated rings. The van der Waals surface area contributed by atoms with Crippen molar-refractivity contribution in [1.82, 2.24) is 4.98 Å². The quantitative estimate of drug-likeness (QED) is 0.395. The van der Waals surface area contributed by atoms with E-state index in [1.807, 2.05) is 0 Å². The van der Waals surface area contributed by atoms with Gasteiger partial charge in [-0.3, -0.25) is 9.59 Å². The zero-order valence-corrected chi connectivity index (χ0v) is 10.0. The van der Waals surface area contributed by atoms with Crippen molar-refractivity contribution in [3.8, 4) is 0 Å². The molecule has 0 aliphatic carbocycles. The summed E-state index contributed by atoms with van der Waals surface area (Å²) in [6.07, 6.45) is 1.73. The maximum atomic E-state index is 13.8. The number of Topliss-reactive ketones (excluding diaryl/α,β-unsaturated/α-hetero) is 1. The van der Waals surface area contributed by atoms with Crippen LogP contribution in [0, 0.1) is 5.82 Å². The Morgan fingerprint density at radius 3 is 2.79 bits per heavy atom. The molecular weight excluding hydrogens is 253 g/mol. The van der Waals surface area contributed by atoms with E-state index in [1.165, 1.54) is 12.3 Å². The number of esters is 1. The smallest absolute Gasteiger partial charge is 0.379 e. The summed E-state index contributed by atoms with van der Waals surface area (Å²) in [5.41, 5.74) is 0.247. The van der Waals surface area contributed by atoms with Crippen LogP contribution >= 0.6 is 0 Å². The van der Waals surface area contributed by atoms with E-state index in [0.29, 0.717) is 6.29 Å². The van der Waals surface area contributed by atoms with Gasteiger partial charge in [-0.05, 0) is 19.1 Å². The van der Waals surface area contributed by atoms with Gasteiger partial charge in [-0.25, -0.2) is 9.18 Å². The minimum absolute atomic E-state index is 0.0506. The third kappa shape index (κ3) is 2.12. The summed E-state index contributed by atoms with van der Waals surface area (Å²) in [5, 5.41) is -0.0809. The number of ketones is 1. The van der Waals surface area contributed by atoms with Crippen molar-refractivity contribution in [3.63, 3.8) is 0 Å². The van der Waals surface area contributed by atoms with Gasteiger partial charge in [0.2, 0.25) is 0 Å². The number of hydrogen-bond donors (Lipinski definition) is 1. The molecule has 0 aliphatic heterocycles. The fourth-order valence-electron chi connectivity index (χ4n) is 1.81. The molecule has 1 aromatic carbocycles. The van der Waals surface area contributed by atoms with Crippen LogP contribution in [0.1, 0.15) is 27.6 Å². The number of ether oxygens (including phenoxy) is 1. The lowest BCUT2D eigenvalue weighted by atomic mass is 10.1. The first-order valence-electron chi connectivity index (χ1n) is 5.56. The highest BCUT2D eigenvalue weighted by Gasteiger charge is 2.23. The fourth-order valence-corrected chi connectivity index (χ4v) is 1.81. The molecule has 98 valence electrons. The molecular formula is C13H10FNO4. The van der Waals surface area contributed by atoms with Gasteiger partial charge in [0.15, 0.2) is 6.29 Å². The number of aromatic amines is 1. The second kappa shape index (κ2) is 5.01. The summed E-state index contributed by atoms with van der Waals surface area (Å²) in [6, 6.07) is 2.36. The van der Waals surface area contributed by atoms with Gasteiger partial charge in [0.25, 0.3) is 5.78 Å². The second-order valence-electron chi connectivity index (χ2n) is 3.76. The Balaban J connectivity index is 2.60. The predicted octanol–water partition coefficient (Wildman–Crippen LogP) is 1.87. The fraction of sp³-hybridized carbons (Fsp3) is 0.154. The zero-order valence-electron chi connectivity index (χ0n) is 10.0. The standard InChI is InChI=1S/C13H10FNO4/c1-2-19-13(18)12(17)8-5-15-11-7(6-16)3-4-9(14)10(8)11/h3-6,15H,2H2,1H3. The minimum Gasteiger partial charge on any atom is -0.460 e. The molecule has 0 radical (unpaired) electrons. The average molecular weight is 263 g/mol. The molecule has 1 heterocycles. The van der Waals surface area contributed by atoms with Crippen molar-refractivity contribution in [1.29, 1.82) is 0 Å². The number of carbonyl (C=O) groups excluding carboxylic acids is 3. The van der Waals surface area contributed by atoms with Gasteiger partial charge in [-0.1, -0.05) is 0 Å². The van der Waals surface area contributed by atoms with Crippen molar-refractivity contribution >= 4 is 28.9 Å². The van der Waals surface area contributed by atoms with Crippen LogP contribution in [0.5, 0.6) is 0 Å². The molecule has 6 heteroatoms. The van der Waals surface area contributed by atoms with Gasteiger partial charge < -0.3 is 9.72 Å². The molecule has 0 bridgehead atoms. The molecule has 0 spiro atoms. The highest BCUT2D eigenvalue weighted by Crippen LogP contribution is 2.24. The molecule has 0 atom stereocenters. The molecule has 0 saturated heterocycles. The van der Waals surface area contributed by atoms with Crippen molar-refractivity contribution in [2.75, 3.05) is 6.61 Å². The monoisotopic (exact) mass is 263 g/mol. The van der Waals surface area contributed by atoms with Gasteiger partial charge >= 0.3 is 5.97 Å². The first-order valence-corrected chi connectivity index (χ1v) is 5.56. The van der Waals surface area contributed by atoms with Gasteiger partial charge in [-0.15, -0.1) is 0 Å². The number of halogens is 1. The third-order valence-electron chi connectivity index (χ3n) is 2.65. The summed E-state index contributed by atoms with van der Waals surface area (Å²) < 4.78 is 18.3. The van der Waals surface area contributed by atoms with Crippen LogP contribution in [0.25, 0.3) is 10.9 Å². The molecule has 2 rings (SSSR count). The van der Waals surface area contributed by atoms with E-state index >= 15 is 0 Å². The van der Waals surface area contributed by atoms with Crippen LogP contribution < -0.4 is 0 Å². The lowest BCUT2D eigenvalue weighted by molar-refractivity contribution is -0.137. The van der Waals surface area contributed by atoms with Crippen LogP contribution in [-0.2, 0) is 9.53 Å². The number of fused-ring (bicyclic) bond motifs is 1. The van der Waals surface area contributed by atoms with E-state index < -0.39 is 17.6 Å². The van der Waals surface area contributed by atoms with Crippen LogP contribution in [0.15, 0.2) is 18.3 Å². The summed E-state index contributed by atoms with van der Waals surface area (Å²) in [4.78, 5) is 36.6. The molecule has 1 N–H and O–H groups in total. The second-order valence-corrected chi connectivity index (χ2v) is 3.76. The van der Waals surface area contributed by atoms with E-state index in [4.69, 9.17) is 0 Å². The lowest BCUT2D eigenvalue weighted by Gasteiger charge is -2.01. The third-order valence-corrected chi connectivity index (χ3v) is 2.65. The van der Waals surface area contributed by atoms with E-state index in [1.54, 1.807) is 6.92 Å². The molecule has 2 aromatic rings. The molecule has 5 nitrogen and oxygen atoms in total. The summed E-state index contributed by atoms with van der Waals surface area (Å²) >= 11 is 0. The average Bonchev–Trinajstić information content (AvgIpc) is 2.84. The van der Waals surface area contributed by atoms with Crippen LogP contribution in [0.2, 0.25) is 0 Å². The van der Waals surface area contributed by atoms with E-state index in [2.05, 4.69) is 9.72 Å². The van der Waals surface area contributed by atoms with Crippen molar-refractivity contribution in [2.45, 2.75) is 6.92 Å². The number of nitrogens with one attached hydrogen (secondary N) is 1. The Bertz CT molecular complexity index is 675. The number of hydrogen-bond acceptors (Lipinski definition) is 4. The Kier molecular flexibility index (Phi) is 3.41. The highest BCUT2D eigenvalue weighted by molar-refractivity contribution is 6.43.